The molecule has 1 aromatic carbocycles. The van der Waals surface area contributed by atoms with Crippen LogP contribution in [0.2, 0.25) is 0 Å². The summed E-state index contributed by atoms with van der Waals surface area (Å²) < 4.78 is 20.9. The lowest BCUT2D eigenvalue weighted by atomic mass is 10.0. The van der Waals surface area contributed by atoms with Crippen LogP contribution in [0.15, 0.2) is 18.2 Å². The second-order valence-corrected chi connectivity index (χ2v) is 5.48. The number of amides is 1. The fourth-order valence-electron chi connectivity index (χ4n) is 2.33. The van der Waals surface area contributed by atoms with E-state index in [1.165, 1.54) is 0 Å². The van der Waals surface area contributed by atoms with Crippen molar-refractivity contribution in [1.29, 1.82) is 0 Å². The van der Waals surface area contributed by atoms with Gasteiger partial charge >= 0.3 is 0 Å². The predicted molar refractivity (Wildman–Crippen MR) is 98.2 cm³/mol. The molecule has 0 heterocycles. The van der Waals surface area contributed by atoms with Crippen LogP contribution in [-0.4, -0.2) is 59.3 Å². The van der Waals surface area contributed by atoms with E-state index >= 15 is 0 Å². The zero-order valence-electron chi connectivity index (χ0n) is 15.6. The monoisotopic (exact) mass is 353 g/mol. The SMILES string of the molecule is CCc1cccc(CC)c1NC(=O)COCCOCCOCCOC. The first-order valence-electron chi connectivity index (χ1n) is 8.85. The number of para-hydroxylation sites is 1. The standard InChI is InChI=1S/C19H31NO5/c1-4-16-7-6-8-17(5-2)19(16)20-18(21)15-25-14-13-24-12-11-23-10-9-22-3/h6-8H,4-5,9-15H2,1-3H3,(H,20,21). The first-order valence-corrected chi connectivity index (χ1v) is 8.85. The molecule has 0 aliphatic rings. The van der Waals surface area contributed by atoms with Gasteiger partial charge in [0.15, 0.2) is 0 Å². The summed E-state index contributed by atoms with van der Waals surface area (Å²) in [6.45, 7) is 7.17. The van der Waals surface area contributed by atoms with E-state index in [0.717, 1.165) is 29.7 Å². The molecule has 0 saturated carbocycles. The van der Waals surface area contributed by atoms with Crippen molar-refractivity contribution in [2.75, 3.05) is 58.7 Å². The minimum atomic E-state index is -0.140. The van der Waals surface area contributed by atoms with Gasteiger partial charge in [-0.25, -0.2) is 0 Å². The highest BCUT2D eigenvalue weighted by molar-refractivity contribution is 5.93. The van der Waals surface area contributed by atoms with E-state index in [1.807, 2.05) is 18.2 Å². The Hall–Kier alpha value is -1.47. The lowest BCUT2D eigenvalue weighted by Gasteiger charge is -2.14. The van der Waals surface area contributed by atoms with Crippen LogP contribution in [0, 0.1) is 0 Å². The first kappa shape index (κ1) is 21.6. The van der Waals surface area contributed by atoms with Gasteiger partial charge < -0.3 is 24.3 Å². The molecule has 0 bridgehead atoms. The normalized spacial score (nSPS) is 10.8. The number of aryl methyl sites for hydroxylation is 2. The van der Waals surface area contributed by atoms with Crippen molar-refractivity contribution < 1.29 is 23.7 Å². The highest BCUT2D eigenvalue weighted by atomic mass is 16.6. The number of rotatable bonds is 14. The number of carbonyl (C=O) groups excluding carboxylic acids is 1. The van der Waals surface area contributed by atoms with E-state index in [-0.39, 0.29) is 12.5 Å². The molecule has 6 heteroatoms. The zero-order valence-corrected chi connectivity index (χ0v) is 15.6. The van der Waals surface area contributed by atoms with Crippen LogP contribution in [0.25, 0.3) is 0 Å². The molecule has 1 amide bonds. The van der Waals surface area contributed by atoms with Gasteiger partial charge in [0.1, 0.15) is 6.61 Å². The number of ether oxygens (including phenoxy) is 4. The molecule has 0 atom stereocenters. The Bertz CT molecular complexity index is 470. The Kier molecular flexibility index (Phi) is 11.9. The zero-order chi connectivity index (χ0) is 18.3. The fourth-order valence-corrected chi connectivity index (χ4v) is 2.33. The number of hydrogen-bond acceptors (Lipinski definition) is 5. The minimum absolute atomic E-state index is 0.0227. The lowest BCUT2D eigenvalue weighted by molar-refractivity contribution is -0.121. The maximum atomic E-state index is 12.1. The van der Waals surface area contributed by atoms with Crippen LogP contribution in [0.4, 0.5) is 5.69 Å². The molecule has 0 aliphatic heterocycles. The molecule has 0 aliphatic carbocycles. The lowest BCUT2D eigenvalue weighted by Crippen LogP contribution is -2.21. The summed E-state index contributed by atoms with van der Waals surface area (Å²) in [6.07, 6.45) is 1.76. The van der Waals surface area contributed by atoms with Crippen molar-refractivity contribution in [3.63, 3.8) is 0 Å². The molecule has 25 heavy (non-hydrogen) atoms. The molecule has 0 radical (unpaired) electrons. The minimum Gasteiger partial charge on any atom is -0.382 e. The molecule has 0 spiro atoms. The molecular weight excluding hydrogens is 322 g/mol. The van der Waals surface area contributed by atoms with Gasteiger partial charge in [-0.05, 0) is 24.0 Å². The number of methoxy groups -OCH3 is 1. The molecule has 0 unspecified atom stereocenters. The van der Waals surface area contributed by atoms with Crippen LogP contribution >= 0.6 is 0 Å². The first-order chi connectivity index (χ1) is 12.2. The van der Waals surface area contributed by atoms with Crippen molar-refractivity contribution in [3.05, 3.63) is 29.3 Å². The Morgan fingerprint density at radius 3 is 1.92 bits per heavy atom. The van der Waals surface area contributed by atoms with E-state index < -0.39 is 0 Å². The number of hydrogen-bond donors (Lipinski definition) is 1. The van der Waals surface area contributed by atoms with Crippen molar-refractivity contribution in [2.45, 2.75) is 26.7 Å². The fraction of sp³-hybridized carbons (Fsp3) is 0.632. The van der Waals surface area contributed by atoms with Gasteiger partial charge in [-0.3, -0.25) is 4.79 Å². The Balaban J connectivity index is 2.17. The second-order valence-electron chi connectivity index (χ2n) is 5.48. The Labute approximate surface area is 150 Å². The average Bonchev–Trinajstić information content (AvgIpc) is 2.63. The van der Waals surface area contributed by atoms with Gasteiger partial charge in [-0.1, -0.05) is 32.0 Å². The topological polar surface area (TPSA) is 66.0 Å². The smallest absolute Gasteiger partial charge is 0.250 e. The Morgan fingerprint density at radius 2 is 1.40 bits per heavy atom. The molecule has 0 saturated heterocycles. The van der Waals surface area contributed by atoms with Crippen LogP contribution in [0.3, 0.4) is 0 Å². The summed E-state index contributed by atoms with van der Waals surface area (Å²) in [4.78, 5) is 12.1. The quantitative estimate of drug-likeness (QED) is 0.521. The van der Waals surface area contributed by atoms with Gasteiger partial charge in [-0.15, -0.1) is 0 Å². The van der Waals surface area contributed by atoms with E-state index in [4.69, 9.17) is 18.9 Å². The number of anilines is 1. The van der Waals surface area contributed by atoms with Crippen molar-refractivity contribution in [1.82, 2.24) is 0 Å². The summed E-state index contributed by atoms with van der Waals surface area (Å²) in [7, 11) is 1.64. The van der Waals surface area contributed by atoms with Crippen molar-refractivity contribution in [2.24, 2.45) is 0 Å². The van der Waals surface area contributed by atoms with E-state index in [0.29, 0.717) is 39.6 Å². The molecule has 1 aromatic rings. The van der Waals surface area contributed by atoms with Gasteiger partial charge in [0.25, 0.3) is 0 Å². The predicted octanol–water partition coefficient (Wildman–Crippen LogP) is 2.45. The highest BCUT2D eigenvalue weighted by Gasteiger charge is 2.10. The third-order valence-corrected chi connectivity index (χ3v) is 3.67. The summed E-state index contributed by atoms with van der Waals surface area (Å²) >= 11 is 0. The van der Waals surface area contributed by atoms with E-state index in [9.17, 15) is 4.79 Å². The van der Waals surface area contributed by atoms with Gasteiger partial charge in [0, 0.05) is 12.8 Å². The second kappa shape index (κ2) is 13.8. The van der Waals surface area contributed by atoms with Gasteiger partial charge in [0.05, 0.1) is 39.6 Å². The Morgan fingerprint density at radius 1 is 0.880 bits per heavy atom. The van der Waals surface area contributed by atoms with Gasteiger partial charge in [-0.2, -0.15) is 0 Å². The van der Waals surface area contributed by atoms with Crippen LogP contribution in [0.1, 0.15) is 25.0 Å². The molecular formula is C19H31NO5. The maximum absolute atomic E-state index is 12.1. The van der Waals surface area contributed by atoms with E-state index in [1.54, 1.807) is 7.11 Å². The highest BCUT2D eigenvalue weighted by Crippen LogP contribution is 2.22. The molecule has 142 valence electrons. The third kappa shape index (κ3) is 8.97. The van der Waals surface area contributed by atoms with E-state index in [2.05, 4.69) is 19.2 Å². The van der Waals surface area contributed by atoms with Crippen LogP contribution in [0.5, 0.6) is 0 Å². The van der Waals surface area contributed by atoms with Crippen LogP contribution in [-0.2, 0) is 36.6 Å². The third-order valence-electron chi connectivity index (χ3n) is 3.67. The van der Waals surface area contributed by atoms with Gasteiger partial charge in [0.2, 0.25) is 5.91 Å². The average molecular weight is 353 g/mol. The number of nitrogens with one attached hydrogen (secondary N) is 1. The molecule has 1 rings (SSSR count). The number of benzene rings is 1. The molecule has 0 fully saturated rings. The number of carbonyl (C=O) groups is 1. The molecule has 0 aromatic heterocycles. The maximum Gasteiger partial charge on any atom is 0.250 e. The molecule has 6 nitrogen and oxygen atoms in total. The largest absolute Gasteiger partial charge is 0.382 e. The summed E-state index contributed by atoms with van der Waals surface area (Å²) in [5.41, 5.74) is 3.21. The summed E-state index contributed by atoms with van der Waals surface area (Å²) in [6, 6.07) is 6.11. The summed E-state index contributed by atoms with van der Waals surface area (Å²) in [5, 5.41) is 2.98. The summed E-state index contributed by atoms with van der Waals surface area (Å²) in [5.74, 6) is -0.140. The molecule has 1 N–H and O–H groups in total. The van der Waals surface area contributed by atoms with Crippen LogP contribution < -0.4 is 5.32 Å². The van der Waals surface area contributed by atoms with Crippen molar-refractivity contribution >= 4 is 11.6 Å². The van der Waals surface area contributed by atoms with Crippen molar-refractivity contribution in [3.8, 4) is 0 Å².